The van der Waals surface area contributed by atoms with E-state index < -0.39 is 0 Å². The first kappa shape index (κ1) is 14.8. The molecule has 1 aromatic carbocycles. The molecule has 5 nitrogen and oxygen atoms in total. The van der Waals surface area contributed by atoms with E-state index in [-0.39, 0.29) is 12.5 Å². The molecule has 23 heavy (non-hydrogen) atoms. The number of para-hydroxylation sites is 1. The van der Waals surface area contributed by atoms with Crippen LogP contribution in [-0.2, 0) is 11.3 Å². The number of carbonyl (C=O) groups is 1. The molecule has 0 saturated heterocycles. The molecule has 0 atom stereocenters. The van der Waals surface area contributed by atoms with Gasteiger partial charge in [0.05, 0.1) is 6.26 Å². The third-order valence-electron chi connectivity index (χ3n) is 3.23. The van der Waals surface area contributed by atoms with E-state index in [2.05, 4.69) is 10.3 Å². The summed E-state index contributed by atoms with van der Waals surface area (Å²) in [4.78, 5) is 16.2. The molecule has 3 rings (SSSR count). The number of furan rings is 1. The summed E-state index contributed by atoms with van der Waals surface area (Å²) in [7, 11) is 0. The van der Waals surface area contributed by atoms with Crippen LogP contribution in [0.1, 0.15) is 5.56 Å². The lowest BCUT2D eigenvalue weighted by Crippen LogP contribution is -2.28. The van der Waals surface area contributed by atoms with Gasteiger partial charge in [0.25, 0.3) is 5.91 Å². The van der Waals surface area contributed by atoms with Crippen molar-refractivity contribution in [1.29, 1.82) is 0 Å². The van der Waals surface area contributed by atoms with Gasteiger partial charge in [0, 0.05) is 18.3 Å². The van der Waals surface area contributed by atoms with Crippen LogP contribution in [0.2, 0.25) is 0 Å². The molecule has 0 aliphatic heterocycles. The molecule has 2 heterocycles. The average Bonchev–Trinajstić information content (AvgIpc) is 3.14. The summed E-state index contributed by atoms with van der Waals surface area (Å²) in [5.41, 5.74) is 1.61. The van der Waals surface area contributed by atoms with Gasteiger partial charge in [-0.3, -0.25) is 9.78 Å². The lowest BCUT2D eigenvalue weighted by atomic mass is 10.1. The second kappa shape index (κ2) is 7.26. The standard InChI is InChI=1S/C18H16N2O3/c21-17(13-23-15-7-2-1-3-8-15)20-12-14-6-4-10-19-18(14)16-9-5-11-22-16/h1-11H,12-13H2,(H,20,21). The number of ether oxygens (including phenoxy) is 1. The predicted molar refractivity (Wildman–Crippen MR) is 85.7 cm³/mol. The third kappa shape index (κ3) is 3.97. The van der Waals surface area contributed by atoms with E-state index in [4.69, 9.17) is 9.15 Å². The Labute approximate surface area is 133 Å². The quantitative estimate of drug-likeness (QED) is 0.760. The first-order valence-corrected chi connectivity index (χ1v) is 7.25. The Bertz CT molecular complexity index is 755. The summed E-state index contributed by atoms with van der Waals surface area (Å²) in [5, 5.41) is 2.83. The maximum absolute atomic E-state index is 11.9. The van der Waals surface area contributed by atoms with Gasteiger partial charge in [-0.25, -0.2) is 0 Å². The van der Waals surface area contributed by atoms with E-state index in [1.165, 1.54) is 0 Å². The molecule has 0 bridgehead atoms. The third-order valence-corrected chi connectivity index (χ3v) is 3.23. The Morgan fingerprint density at radius 1 is 1.09 bits per heavy atom. The molecule has 0 radical (unpaired) electrons. The van der Waals surface area contributed by atoms with Crippen LogP contribution in [0.3, 0.4) is 0 Å². The van der Waals surface area contributed by atoms with E-state index in [1.54, 1.807) is 18.5 Å². The minimum Gasteiger partial charge on any atom is -0.484 e. The molecule has 2 aromatic heterocycles. The van der Waals surface area contributed by atoms with E-state index in [9.17, 15) is 4.79 Å². The summed E-state index contributed by atoms with van der Waals surface area (Å²) in [5.74, 6) is 1.15. The van der Waals surface area contributed by atoms with E-state index >= 15 is 0 Å². The monoisotopic (exact) mass is 308 g/mol. The highest BCUT2D eigenvalue weighted by Crippen LogP contribution is 2.21. The molecule has 1 amide bonds. The lowest BCUT2D eigenvalue weighted by molar-refractivity contribution is -0.123. The Morgan fingerprint density at radius 3 is 2.74 bits per heavy atom. The number of amides is 1. The normalized spacial score (nSPS) is 10.3. The number of benzene rings is 1. The minimum atomic E-state index is -0.192. The number of carbonyl (C=O) groups excluding carboxylic acids is 1. The number of nitrogens with zero attached hydrogens (tertiary/aromatic N) is 1. The van der Waals surface area contributed by atoms with Gasteiger partial charge in [-0.15, -0.1) is 0 Å². The van der Waals surface area contributed by atoms with Crippen LogP contribution in [0, 0.1) is 0 Å². The molecule has 0 spiro atoms. The molecule has 116 valence electrons. The first-order chi connectivity index (χ1) is 11.3. The van der Waals surface area contributed by atoms with Crippen LogP contribution in [0.5, 0.6) is 5.75 Å². The van der Waals surface area contributed by atoms with E-state index in [0.29, 0.717) is 18.1 Å². The van der Waals surface area contributed by atoms with Crippen LogP contribution in [-0.4, -0.2) is 17.5 Å². The average molecular weight is 308 g/mol. The fourth-order valence-electron chi connectivity index (χ4n) is 2.13. The highest BCUT2D eigenvalue weighted by molar-refractivity contribution is 5.77. The second-order valence-electron chi connectivity index (χ2n) is 4.87. The van der Waals surface area contributed by atoms with Crippen molar-refractivity contribution in [3.8, 4) is 17.2 Å². The summed E-state index contributed by atoms with van der Waals surface area (Å²) in [6.07, 6.45) is 3.29. The molecule has 0 aliphatic rings. The van der Waals surface area contributed by atoms with Crippen LogP contribution in [0.25, 0.3) is 11.5 Å². The van der Waals surface area contributed by atoms with Crippen molar-refractivity contribution in [1.82, 2.24) is 10.3 Å². The van der Waals surface area contributed by atoms with Gasteiger partial charge < -0.3 is 14.5 Å². The fourth-order valence-corrected chi connectivity index (χ4v) is 2.13. The molecule has 5 heteroatoms. The van der Waals surface area contributed by atoms with Crippen LogP contribution in [0.15, 0.2) is 71.5 Å². The topological polar surface area (TPSA) is 64.4 Å². The lowest BCUT2D eigenvalue weighted by Gasteiger charge is -2.09. The maximum atomic E-state index is 11.9. The van der Waals surface area contributed by atoms with Gasteiger partial charge in [0.2, 0.25) is 0 Å². The summed E-state index contributed by atoms with van der Waals surface area (Å²) >= 11 is 0. The summed E-state index contributed by atoms with van der Waals surface area (Å²) in [6, 6.07) is 16.6. The first-order valence-electron chi connectivity index (χ1n) is 7.25. The number of rotatable bonds is 6. The highest BCUT2D eigenvalue weighted by Gasteiger charge is 2.10. The Morgan fingerprint density at radius 2 is 1.96 bits per heavy atom. The zero-order valence-corrected chi connectivity index (χ0v) is 12.4. The molecule has 1 N–H and O–H groups in total. The number of nitrogens with one attached hydrogen (secondary N) is 1. The second-order valence-corrected chi connectivity index (χ2v) is 4.87. The Kier molecular flexibility index (Phi) is 4.69. The number of aromatic nitrogens is 1. The van der Waals surface area contributed by atoms with Crippen molar-refractivity contribution < 1.29 is 13.9 Å². The fraction of sp³-hybridized carbons (Fsp3) is 0.111. The van der Waals surface area contributed by atoms with Crippen molar-refractivity contribution in [2.24, 2.45) is 0 Å². The van der Waals surface area contributed by atoms with Crippen molar-refractivity contribution >= 4 is 5.91 Å². The van der Waals surface area contributed by atoms with E-state index in [0.717, 1.165) is 11.3 Å². The van der Waals surface area contributed by atoms with Gasteiger partial charge in [0.1, 0.15) is 11.4 Å². The van der Waals surface area contributed by atoms with Crippen molar-refractivity contribution in [3.05, 3.63) is 72.6 Å². The smallest absolute Gasteiger partial charge is 0.258 e. The number of hydrogen-bond acceptors (Lipinski definition) is 4. The number of hydrogen-bond donors (Lipinski definition) is 1. The molecule has 0 aliphatic carbocycles. The van der Waals surface area contributed by atoms with E-state index in [1.807, 2.05) is 48.5 Å². The molecule has 0 fully saturated rings. The highest BCUT2D eigenvalue weighted by atomic mass is 16.5. The van der Waals surface area contributed by atoms with Crippen LogP contribution in [0.4, 0.5) is 0 Å². The van der Waals surface area contributed by atoms with Crippen molar-refractivity contribution in [3.63, 3.8) is 0 Å². The molecular formula is C18H16N2O3. The van der Waals surface area contributed by atoms with Gasteiger partial charge in [0.15, 0.2) is 12.4 Å². The molecule has 3 aromatic rings. The van der Waals surface area contributed by atoms with Crippen molar-refractivity contribution in [2.75, 3.05) is 6.61 Å². The van der Waals surface area contributed by atoms with Crippen LogP contribution >= 0.6 is 0 Å². The molecule has 0 saturated carbocycles. The molecule has 0 unspecified atom stereocenters. The SMILES string of the molecule is O=C(COc1ccccc1)NCc1cccnc1-c1ccco1. The Hall–Kier alpha value is -3.08. The number of pyridine rings is 1. The van der Waals surface area contributed by atoms with Gasteiger partial charge in [-0.1, -0.05) is 24.3 Å². The Balaban J connectivity index is 1.57. The molecular weight excluding hydrogens is 292 g/mol. The zero-order valence-electron chi connectivity index (χ0n) is 12.4. The van der Waals surface area contributed by atoms with Crippen LogP contribution < -0.4 is 10.1 Å². The van der Waals surface area contributed by atoms with Gasteiger partial charge >= 0.3 is 0 Å². The minimum absolute atomic E-state index is 0.0274. The van der Waals surface area contributed by atoms with Gasteiger partial charge in [-0.05, 0) is 30.3 Å². The predicted octanol–water partition coefficient (Wildman–Crippen LogP) is 3.04. The zero-order chi connectivity index (χ0) is 15.9. The largest absolute Gasteiger partial charge is 0.484 e. The summed E-state index contributed by atoms with van der Waals surface area (Å²) in [6.45, 7) is 0.335. The van der Waals surface area contributed by atoms with Gasteiger partial charge in [-0.2, -0.15) is 0 Å². The maximum Gasteiger partial charge on any atom is 0.258 e. The van der Waals surface area contributed by atoms with Crippen molar-refractivity contribution in [2.45, 2.75) is 6.54 Å². The summed E-state index contributed by atoms with van der Waals surface area (Å²) < 4.78 is 10.8.